The summed E-state index contributed by atoms with van der Waals surface area (Å²) < 4.78 is 26.6. The smallest absolute Gasteiger partial charge is 0.263 e. The highest BCUT2D eigenvalue weighted by Gasteiger charge is 2.15. The molecule has 0 saturated heterocycles. The van der Waals surface area contributed by atoms with E-state index in [2.05, 4.69) is 9.71 Å². The Morgan fingerprint density at radius 3 is 2.38 bits per heavy atom. The fraction of sp³-hybridized carbons (Fsp3) is 0. The Morgan fingerprint density at radius 1 is 1.10 bits per heavy atom. The van der Waals surface area contributed by atoms with Crippen molar-refractivity contribution in [3.05, 3.63) is 47.7 Å². The lowest BCUT2D eigenvalue weighted by atomic mass is 10.1. The molecule has 3 N–H and O–H groups in total. The zero-order valence-electron chi connectivity index (χ0n) is 10.6. The molecule has 0 spiro atoms. The maximum absolute atomic E-state index is 12.1. The Balaban J connectivity index is 2.36. The van der Waals surface area contributed by atoms with Gasteiger partial charge in [0.05, 0.1) is 16.8 Å². The number of hydrogen-bond donors (Lipinski definition) is 2. The number of nitrogens with one attached hydrogen (secondary N) is 1. The predicted octanol–water partition coefficient (Wildman–Crippen LogP) is 1.21. The van der Waals surface area contributed by atoms with Gasteiger partial charge in [-0.05, 0) is 30.3 Å². The van der Waals surface area contributed by atoms with Crippen molar-refractivity contribution in [2.45, 2.75) is 4.90 Å². The molecule has 8 heteroatoms. The number of benzene rings is 1. The van der Waals surface area contributed by atoms with Crippen LogP contribution in [-0.2, 0) is 10.0 Å². The van der Waals surface area contributed by atoms with E-state index < -0.39 is 10.0 Å². The number of aromatic nitrogens is 1. The first-order valence-corrected chi connectivity index (χ1v) is 7.13. The summed E-state index contributed by atoms with van der Waals surface area (Å²) in [5.74, 6) is 0.207. The number of nitriles is 2. The zero-order chi connectivity index (χ0) is 15.5. The summed E-state index contributed by atoms with van der Waals surface area (Å²) in [5.41, 5.74) is 5.85. The summed E-state index contributed by atoms with van der Waals surface area (Å²) in [6.07, 6.45) is 1.13. The van der Waals surface area contributed by atoms with Crippen LogP contribution >= 0.6 is 0 Å². The van der Waals surface area contributed by atoms with E-state index >= 15 is 0 Å². The van der Waals surface area contributed by atoms with Gasteiger partial charge in [-0.1, -0.05) is 0 Å². The van der Waals surface area contributed by atoms with Gasteiger partial charge < -0.3 is 5.73 Å². The predicted molar refractivity (Wildman–Crippen MR) is 75.3 cm³/mol. The monoisotopic (exact) mass is 299 g/mol. The van der Waals surface area contributed by atoms with E-state index in [1.807, 2.05) is 12.1 Å². The number of nitrogens with two attached hydrogens (primary N) is 1. The van der Waals surface area contributed by atoms with E-state index in [1.165, 1.54) is 30.3 Å². The lowest BCUT2D eigenvalue weighted by molar-refractivity contribution is 0.601. The molecule has 1 aromatic carbocycles. The van der Waals surface area contributed by atoms with E-state index in [4.69, 9.17) is 16.3 Å². The molecule has 2 rings (SSSR count). The molecular formula is C13H9N5O2S. The minimum absolute atomic E-state index is 0.0560. The Bertz CT molecular complexity index is 861. The molecule has 2 aromatic rings. The van der Waals surface area contributed by atoms with E-state index in [1.54, 1.807) is 0 Å². The Kier molecular flexibility index (Phi) is 3.74. The van der Waals surface area contributed by atoms with Crippen LogP contribution in [0.4, 0.5) is 11.5 Å². The van der Waals surface area contributed by atoms with Gasteiger partial charge in [-0.15, -0.1) is 0 Å². The van der Waals surface area contributed by atoms with E-state index in [9.17, 15) is 8.42 Å². The molecule has 0 unspecified atom stereocenters. The quantitative estimate of drug-likeness (QED) is 0.875. The van der Waals surface area contributed by atoms with E-state index in [0.717, 1.165) is 6.20 Å². The molecule has 0 aliphatic carbocycles. The van der Waals surface area contributed by atoms with Crippen molar-refractivity contribution in [2.75, 3.05) is 10.5 Å². The van der Waals surface area contributed by atoms with Crippen LogP contribution < -0.4 is 10.5 Å². The van der Waals surface area contributed by atoms with Crippen molar-refractivity contribution in [3.63, 3.8) is 0 Å². The van der Waals surface area contributed by atoms with Gasteiger partial charge in [0.2, 0.25) is 0 Å². The normalized spacial score (nSPS) is 10.4. The lowest BCUT2D eigenvalue weighted by Crippen LogP contribution is -2.13. The molecule has 1 aromatic heterocycles. The molecule has 0 bridgehead atoms. The van der Waals surface area contributed by atoms with E-state index in [0.29, 0.717) is 0 Å². The molecular weight excluding hydrogens is 290 g/mol. The molecule has 0 amide bonds. The van der Waals surface area contributed by atoms with Crippen molar-refractivity contribution in [1.29, 1.82) is 10.5 Å². The second-order valence-electron chi connectivity index (χ2n) is 4.01. The number of rotatable bonds is 3. The van der Waals surface area contributed by atoms with Gasteiger partial charge in [0, 0.05) is 6.20 Å². The third-order valence-corrected chi connectivity index (χ3v) is 3.95. The van der Waals surface area contributed by atoms with E-state index in [-0.39, 0.29) is 27.5 Å². The molecule has 0 aliphatic rings. The fourth-order valence-electron chi connectivity index (χ4n) is 1.56. The maximum atomic E-state index is 12.1. The molecule has 0 fully saturated rings. The molecule has 0 atom stereocenters. The standard InChI is InChI=1S/C13H9N5O2S/c14-6-9-1-2-11(5-10(9)7-15)18-21(19,20)12-3-4-13(16)17-8-12/h1-5,8,18H,(H2,16,17). The summed E-state index contributed by atoms with van der Waals surface area (Å²) >= 11 is 0. The Labute approximate surface area is 121 Å². The summed E-state index contributed by atoms with van der Waals surface area (Å²) in [4.78, 5) is 3.66. The van der Waals surface area contributed by atoms with Crippen LogP contribution in [0.15, 0.2) is 41.4 Å². The minimum atomic E-state index is -3.84. The Hall–Kier alpha value is -3.10. The first-order chi connectivity index (χ1) is 9.96. The third-order valence-electron chi connectivity index (χ3n) is 2.58. The van der Waals surface area contributed by atoms with Crippen LogP contribution in [0.5, 0.6) is 0 Å². The first kappa shape index (κ1) is 14.3. The van der Waals surface area contributed by atoms with Gasteiger partial charge in [0.1, 0.15) is 22.9 Å². The molecule has 7 nitrogen and oxygen atoms in total. The van der Waals surface area contributed by atoms with Crippen LogP contribution in [0.3, 0.4) is 0 Å². The number of hydrogen-bond acceptors (Lipinski definition) is 6. The Morgan fingerprint density at radius 2 is 1.81 bits per heavy atom. The van der Waals surface area contributed by atoms with Crippen molar-refractivity contribution < 1.29 is 8.42 Å². The number of nitrogen functional groups attached to an aromatic ring is 1. The molecule has 0 saturated carbocycles. The number of nitrogens with zero attached hydrogens (tertiary/aromatic N) is 3. The largest absolute Gasteiger partial charge is 0.384 e. The van der Waals surface area contributed by atoms with Crippen molar-refractivity contribution >= 4 is 21.5 Å². The highest BCUT2D eigenvalue weighted by Crippen LogP contribution is 2.19. The molecule has 0 aliphatic heterocycles. The van der Waals surface area contributed by atoms with Crippen molar-refractivity contribution in [1.82, 2.24) is 4.98 Å². The molecule has 0 radical (unpaired) electrons. The second-order valence-corrected chi connectivity index (χ2v) is 5.69. The van der Waals surface area contributed by atoms with Gasteiger partial charge in [0.15, 0.2) is 0 Å². The maximum Gasteiger partial charge on any atom is 0.263 e. The summed E-state index contributed by atoms with van der Waals surface area (Å²) in [6.45, 7) is 0. The average Bonchev–Trinajstić information content (AvgIpc) is 2.47. The van der Waals surface area contributed by atoms with Crippen molar-refractivity contribution in [3.8, 4) is 12.1 Å². The van der Waals surface area contributed by atoms with Crippen LogP contribution in [0.25, 0.3) is 0 Å². The summed E-state index contributed by atoms with van der Waals surface area (Å²) in [6, 6.07) is 10.4. The number of pyridine rings is 1. The van der Waals surface area contributed by atoms with Crippen molar-refractivity contribution in [2.24, 2.45) is 0 Å². The highest BCUT2D eigenvalue weighted by atomic mass is 32.2. The summed E-state index contributed by atoms with van der Waals surface area (Å²) in [7, 11) is -3.84. The van der Waals surface area contributed by atoms with Gasteiger partial charge in [0.25, 0.3) is 10.0 Å². The first-order valence-electron chi connectivity index (χ1n) is 5.65. The van der Waals surface area contributed by atoms with Crippen LogP contribution in [0, 0.1) is 22.7 Å². The lowest BCUT2D eigenvalue weighted by Gasteiger charge is -2.08. The van der Waals surface area contributed by atoms with Crippen LogP contribution in [0.1, 0.15) is 11.1 Å². The van der Waals surface area contributed by atoms with Gasteiger partial charge >= 0.3 is 0 Å². The number of anilines is 2. The summed E-state index contributed by atoms with van der Waals surface area (Å²) in [5, 5.41) is 17.7. The zero-order valence-corrected chi connectivity index (χ0v) is 11.4. The fourth-order valence-corrected chi connectivity index (χ4v) is 2.56. The SMILES string of the molecule is N#Cc1ccc(NS(=O)(=O)c2ccc(N)nc2)cc1C#N. The number of sulfonamides is 1. The van der Waals surface area contributed by atoms with Gasteiger partial charge in [-0.3, -0.25) is 4.72 Å². The third kappa shape index (κ3) is 3.08. The van der Waals surface area contributed by atoms with Crippen LogP contribution in [-0.4, -0.2) is 13.4 Å². The average molecular weight is 299 g/mol. The van der Waals surface area contributed by atoms with Gasteiger partial charge in [-0.2, -0.15) is 10.5 Å². The van der Waals surface area contributed by atoms with Crippen LogP contribution in [0.2, 0.25) is 0 Å². The van der Waals surface area contributed by atoms with Gasteiger partial charge in [-0.25, -0.2) is 13.4 Å². The minimum Gasteiger partial charge on any atom is -0.384 e. The second kappa shape index (κ2) is 5.49. The topological polar surface area (TPSA) is 133 Å². The molecule has 104 valence electrons. The highest BCUT2D eigenvalue weighted by molar-refractivity contribution is 7.92. The molecule has 1 heterocycles. The molecule has 21 heavy (non-hydrogen) atoms.